The van der Waals surface area contributed by atoms with Gasteiger partial charge in [0.15, 0.2) is 5.65 Å². The molecular weight excluding hydrogens is 422 g/mol. The molecule has 0 saturated heterocycles. The van der Waals surface area contributed by atoms with Gasteiger partial charge in [-0.1, -0.05) is 13.8 Å². The van der Waals surface area contributed by atoms with Gasteiger partial charge in [-0.2, -0.15) is 5.10 Å². The molecule has 0 radical (unpaired) electrons. The van der Waals surface area contributed by atoms with Crippen LogP contribution in [0.2, 0.25) is 0 Å². The molecular formula is C28H37N5O. The van der Waals surface area contributed by atoms with E-state index < -0.39 is 0 Å². The number of nitrogens with one attached hydrogen (secondary N) is 1. The Bertz CT molecular complexity index is 1290. The van der Waals surface area contributed by atoms with Crippen LogP contribution in [0.1, 0.15) is 86.6 Å². The number of nitrogens with zero attached hydrogens (tertiary/aromatic N) is 4. The molecule has 1 saturated carbocycles. The van der Waals surface area contributed by atoms with Crippen LogP contribution in [-0.4, -0.2) is 38.3 Å². The highest BCUT2D eigenvalue weighted by Gasteiger charge is 2.25. The average molecular weight is 460 g/mol. The number of pyridine rings is 2. The minimum absolute atomic E-state index is 0.390. The smallest absolute Gasteiger partial charge is 0.158 e. The molecule has 0 atom stereocenters. The van der Waals surface area contributed by atoms with Crippen LogP contribution >= 0.6 is 0 Å². The van der Waals surface area contributed by atoms with Gasteiger partial charge in [0.1, 0.15) is 6.33 Å². The third-order valence-corrected chi connectivity index (χ3v) is 7.94. The Kier molecular flexibility index (Phi) is 6.43. The summed E-state index contributed by atoms with van der Waals surface area (Å²) in [5.74, 6) is 1.80. The van der Waals surface area contributed by atoms with Crippen LogP contribution in [0.4, 0.5) is 0 Å². The van der Waals surface area contributed by atoms with E-state index in [0.717, 1.165) is 23.7 Å². The van der Waals surface area contributed by atoms with Gasteiger partial charge in [-0.05, 0) is 87.0 Å². The number of aromatic amines is 1. The lowest BCUT2D eigenvalue weighted by Gasteiger charge is -2.28. The van der Waals surface area contributed by atoms with E-state index >= 15 is 0 Å². The Morgan fingerprint density at radius 2 is 1.91 bits per heavy atom. The molecule has 0 aliphatic heterocycles. The molecule has 4 aromatic heterocycles. The van der Waals surface area contributed by atoms with E-state index in [9.17, 15) is 0 Å². The number of hydrogen-bond donors (Lipinski definition) is 1. The van der Waals surface area contributed by atoms with Gasteiger partial charge in [0, 0.05) is 42.5 Å². The molecule has 5 rings (SSSR count). The highest BCUT2D eigenvalue weighted by molar-refractivity contribution is 5.92. The van der Waals surface area contributed by atoms with E-state index in [-0.39, 0.29) is 0 Å². The zero-order valence-electron chi connectivity index (χ0n) is 21.2. The molecule has 6 heteroatoms. The predicted octanol–water partition coefficient (Wildman–Crippen LogP) is 6.71. The van der Waals surface area contributed by atoms with Crippen molar-refractivity contribution in [1.29, 1.82) is 0 Å². The zero-order valence-corrected chi connectivity index (χ0v) is 21.2. The fourth-order valence-corrected chi connectivity index (χ4v) is 5.88. The molecule has 0 amide bonds. The van der Waals surface area contributed by atoms with E-state index in [1.165, 1.54) is 77.6 Å². The van der Waals surface area contributed by atoms with Crippen molar-refractivity contribution in [1.82, 2.24) is 24.6 Å². The van der Waals surface area contributed by atoms with Crippen molar-refractivity contribution in [3.8, 4) is 11.3 Å². The van der Waals surface area contributed by atoms with Crippen LogP contribution < -0.4 is 0 Å². The minimum Gasteiger partial charge on any atom is -0.385 e. The fraction of sp³-hybridized carbons (Fsp3) is 0.536. The van der Waals surface area contributed by atoms with Crippen molar-refractivity contribution in [3.63, 3.8) is 0 Å². The molecule has 0 unspecified atom stereocenters. The first kappa shape index (κ1) is 23.0. The Labute approximate surface area is 202 Å². The number of fused-ring (bicyclic) bond motifs is 2. The summed E-state index contributed by atoms with van der Waals surface area (Å²) in [4.78, 5) is 13.1. The van der Waals surface area contributed by atoms with Crippen molar-refractivity contribution < 1.29 is 4.74 Å². The maximum Gasteiger partial charge on any atom is 0.158 e. The van der Waals surface area contributed by atoms with E-state index in [1.807, 2.05) is 4.52 Å². The highest BCUT2D eigenvalue weighted by Crippen LogP contribution is 2.41. The Balaban J connectivity index is 1.49. The maximum atomic E-state index is 5.24. The summed E-state index contributed by atoms with van der Waals surface area (Å²) in [7, 11) is 1.80. The zero-order chi connectivity index (χ0) is 23.8. The number of aromatic nitrogens is 5. The second-order valence-corrected chi connectivity index (χ2v) is 10.4. The van der Waals surface area contributed by atoms with Crippen LogP contribution in [0.5, 0.6) is 0 Å². The van der Waals surface area contributed by atoms with Crippen molar-refractivity contribution >= 4 is 16.6 Å². The molecule has 1 N–H and O–H groups in total. The van der Waals surface area contributed by atoms with Gasteiger partial charge in [0.05, 0.1) is 17.4 Å². The molecule has 1 aliphatic carbocycles. The van der Waals surface area contributed by atoms with Crippen molar-refractivity contribution in [2.75, 3.05) is 13.7 Å². The van der Waals surface area contributed by atoms with Crippen LogP contribution in [0, 0.1) is 19.8 Å². The number of H-pyrrole nitrogens is 1. The molecule has 6 nitrogen and oxygen atoms in total. The largest absolute Gasteiger partial charge is 0.385 e. The Hall–Kier alpha value is -2.73. The van der Waals surface area contributed by atoms with Crippen molar-refractivity contribution in [3.05, 3.63) is 47.2 Å². The van der Waals surface area contributed by atoms with Gasteiger partial charge in [-0.15, -0.1) is 0 Å². The van der Waals surface area contributed by atoms with Crippen LogP contribution in [-0.2, 0) is 4.74 Å². The third-order valence-electron chi connectivity index (χ3n) is 7.94. The lowest BCUT2D eigenvalue weighted by Crippen LogP contribution is -2.14. The predicted molar refractivity (Wildman–Crippen MR) is 137 cm³/mol. The van der Waals surface area contributed by atoms with Gasteiger partial charge >= 0.3 is 0 Å². The lowest BCUT2D eigenvalue weighted by molar-refractivity contribution is 0.180. The van der Waals surface area contributed by atoms with Gasteiger partial charge in [-0.25, -0.2) is 9.50 Å². The molecule has 1 fully saturated rings. The second-order valence-electron chi connectivity index (χ2n) is 10.4. The number of ether oxygens (including phenoxy) is 1. The van der Waals surface area contributed by atoms with Gasteiger partial charge in [0.25, 0.3) is 0 Å². The molecule has 0 bridgehead atoms. The van der Waals surface area contributed by atoms with E-state index in [0.29, 0.717) is 11.8 Å². The number of methoxy groups -OCH3 is 1. The average Bonchev–Trinajstić information content (AvgIpc) is 3.46. The van der Waals surface area contributed by atoms with Crippen LogP contribution in [0.15, 0.2) is 24.8 Å². The number of aryl methyl sites for hydroxylation is 1. The van der Waals surface area contributed by atoms with E-state index in [2.05, 4.69) is 61.2 Å². The van der Waals surface area contributed by atoms with Gasteiger partial charge in [0.2, 0.25) is 0 Å². The first-order valence-corrected chi connectivity index (χ1v) is 12.8. The SMILES string of the molecule is COCCCC1CCC(c2cc3c(C(C)C)c(-c4cn5ncnc5c(C)c4C)[nH]c3cn2)CC1. The summed E-state index contributed by atoms with van der Waals surface area (Å²) in [6.45, 7) is 9.77. The third kappa shape index (κ3) is 4.13. The summed E-state index contributed by atoms with van der Waals surface area (Å²) >= 11 is 0. The van der Waals surface area contributed by atoms with E-state index in [1.54, 1.807) is 13.4 Å². The maximum absolute atomic E-state index is 5.24. The van der Waals surface area contributed by atoms with Crippen molar-refractivity contribution in [2.24, 2.45) is 5.92 Å². The van der Waals surface area contributed by atoms with E-state index in [4.69, 9.17) is 9.72 Å². The standard InChI is InChI=1S/C28H37N5O/c1-17(2)26-22-13-24(21-10-8-20(9-11-21)7-6-12-34-5)29-14-25(22)32-27(26)23-15-33-28(30-16-31-33)19(4)18(23)3/h13-17,20-21,32H,6-12H2,1-5H3. The monoisotopic (exact) mass is 459 g/mol. The molecule has 4 aromatic rings. The Morgan fingerprint density at radius 1 is 1.12 bits per heavy atom. The number of hydrogen-bond acceptors (Lipinski definition) is 4. The van der Waals surface area contributed by atoms with Gasteiger partial charge in [-0.3, -0.25) is 4.98 Å². The summed E-state index contributed by atoms with van der Waals surface area (Å²) < 4.78 is 7.13. The number of rotatable bonds is 7. The molecule has 180 valence electrons. The topological polar surface area (TPSA) is 68.1 Å². The highest BCUT2D eigenvalue weighted by atomic mass is 16.5. The summed E-state index contributed by atoms with van der Waals surface area (Å²) in [6.07, 6.45) is 13.4. The molecule has 1 aliphatic rings. The first-order chi connectivity index (χ1) is 16.5. The summed E-state index contributed by atoms with van der Waals surface area (Å²) in [5.41, 5.74) is 9.45. The second kappa shape index (κ2) is 9.49. The molecule has 0 aromatic carbocycles. The van der Waals surface area contributed by atoms with Gasteiger partial charge < -0.3 is 9.72 Å². The normalized spacial score (nSPS) is 19.0. The molecule has 34 heavy (non-hydrogen) atoms. The van der Waals surface area contributed by atoms with Crippen LogP contribution in [0.25, 0.3) is 27.8 Å². The first-order valence-electron chi connectivity index (χ1n) is 12.8. The molecule has 4 heterocycles. The fourth-order valence-electron chi connectivity index (χ4n) is 5.88. The summed E-state index contributed by atoms with van der Waals surface area (Å²) in [6, 6.07) is 2.37. The van der Waals surface area contributed by atoms with Crippen LogP contribution in [0.3, 0.4) is 0 Å². The minimum atomic E-state index is 0.390. The quantitative estimate of drug-likeness (QED) is 0.312. The summed E-state index contributed by atoms with van der Waals surface area (Å²) in [5, 5.41) is 5.73. The Morgan fingerprint density at radius 3 is 2.65 bits per heavy atom. The lowest BCUT2D eigenvalue weighted by atomic mass is 9.78. The molecule has 0 spiro atoms. The van der Waals surface area contributed by atoms with Crippen molar-refractivity contribution in [2.45, 2.75) is 78.1 Å².